The molecule has 4 aromatic rings. The van der Waals surface area contributed by atoms with Gasteiger partial charge in [0.2, 0.25) is 0 Å². The third-order valence-electron chi connectivity index (χ3n) is 5.76. The Balaban J connectivity index is 1.45. The average Bonchev–Trinajstić information content (AvgIpc) is 3.40. The van der Waals surface area contributed by atoms with Crippen LogP contribution in [-0.4, -0.2) is 53.2 Å². The average molecular weight is 468 g/mol. The van der Waals surface area contributed by atoms with Crippen LogP contribution in [0.25, 0.3) is 16.7 Å². The Labute approximate surface area is 191 Å². The van der Waals surface area contributed by atoms with Gasteiger partial charge in [-0.2, -0.15) is 10.2 Å². The number of anilines is 2. The number of ether oxygens (including phenoxy) is 1. The molecule has 0 bridgehead atoms. The molecule has 0 aliphatic carbocycles. The standard InChI is InChI=1S/C22H25N7O3S/c1-22(2)13-28(14-22)16-7-8-23-19(9-16)29-12-17(11-25-29)33(30,31)26-20-18(32-4)6-5-15-10-24-27(3)21(15)20/h5-12,26H,13-14H2,1-4H3. The lowest BCUT2D eigenvalue weighted by atomic mass is 9.84. The van der Waals surface area contributed by atoms with Crippen LogP contribution in [0.4, 0.5) is 11.4 Å². The van der Waals surface area contributed by atoms with Crippen molar-refractivity contribution in [2.75, 3.05) is 29.8 Å². The first kappa shape index (κ1) is 21.3. The van der Waals surface area contributed by atoms with E-state index in [1.54, 1.807) is 30.2 Å². The molecular weight excluding hydrogens is 442 g/mol. The molecule has 1 aliphatic rings. The molecule has 0 atom stereocenters. The van der Waals surface area contributed by atoms with Crippen molar-refractivity contribution >= 4 is 32.3 Å². The fourth-order valence-electron chi connectivity index (χ4n) is 4.18. The Morgan fingerprint density at radius 3 is 2.64 bits per heavy atom. The second kappa shape index (κ2) is 7.48. The van der Waals surface area contributed by atoms with Gasteiger partial charge >= 0.3 is 0 Å². The zero-order valence-electron chi connectivity index (χ0n) is 18.8. The number of nitrogens with zero attached hydrogens (tertiary/aromatic N) is 6. The number of pyridine rings is 1. The maximum atomic E-state index is 13.2. The predicted octanol–water partition coefficient (Wildman–Crippen LogP) is 2.81. The SMILES string of the molecule is COc1ccc2cnn(C)c2c1NS(=O)(=O)c1cnn(-c2cc(N3CC(C)(C)C3)ccn2)c1. The second-order valence-electron chi connectivity index (χ2n) is 8.97. The summed E-state index contributed by atoms with van der Waals surface area (Å²) in [5.74, 6) is 0.943. The molecule has 11 heteroatoms. The van der Waals surface area contributed by atoms with Crippen molar-refractivity contribution in [2.45, 2.75) is 18.7 Å². The van der Waals surface area contributed by atoms with Crippen LogP contribution < -0.4 is 14.4 Å². The van der Waals surface area contributed by atoms with Gasteiger partial charge in [-0.05, 0) is 23.6 Å². The minimum Gasteiger partial charge on any atom is -0.494 e. The number of sulfonamides is 1. The van der Waals surface area contributed by atoms with Gasteiger partial charge in [0.25, 0.3) is 10.0 Å². The Bertz CT molecular complexity index is 1450. The van der Waals surface area contributed by atoms with Crippen LogP contribution in [0.2, 0.25) is 0 Å². The Morgan fingerprint density at radius 1 is 1.12 bits per heavy atom. The fourth-order valence-corrected chi connectivity index (χ4v) is 5.19. The van der Waals surface area contributed by atoms with E-state index in [1.165, 1.54) is 24.2 Å². The van der Waals surface area contributed by atoms with Crippen molar-refractivity contribution in [3.05, 3.63) is 49.1 Å². The zero-order chi connectivity index (χ0) is 23.4. The minimum atomic E-state index is -3.95. The van der Waals surface area contributed by atoms with Crippen molar-refractivity contribution in [1.82, 2.24) is 24.5 Å². The molecule has 0 radical (unpaired) electrons. The maximum Gasteiger partial charge on any atom is 0.265 e. The van der Waals surface area contributed by atoms with Crippen LogP contribution in [0.3, 0.4) is 0 Å². The number of hydrogen-bond donors (Lipinski definition) is 1. The molecule has 172 valence electrons. The van der Waals surface area contributed by atoms with Crippen molar-refractivity contribution in [1.29, 1.82) is 0 Å². The summed E-state index contributed by atoms with van der Waals surface area (Å²) in [4.78, 5) is 6.64. The van der Waals surface area contributed by atoms with Gasteiger partial charge in [-0.25, -0.2) is 18.1 Å². The van der Waals surface area contributed by atoms with E-state index in [1.807, 2.05) is 18.2 Å². The smallest absolute Gasteiger partial charge is 0.265 e. The largest absolute Gasteiger partial charge is 0.494 e. The van der Waals surface area contributed by atoms with Crippen molar-refractivity contribution < 1.29 is 13.2 Å². The van der Waals surface area contributed by atoms with Gasteiger partial charge in [-0.1, -0.05) is 13.8 Å². The summed E-state index contributed by atoms with van der Waals surface area (Å²) < 4.78 is 37.5. The van der Waals surface area contributed by atoms with E-state index in [9.17, 15) is 8.42 Å². The molecule has 0 amide bonds. The third-order valence-corrected chi connectivity index (χ3v) is 7.06. The second-order valence-corrected chi connectivity index (χ2v) is 10.6. The first-order valence-electron chi connectivity index (χ1n) is 10.4. The number of methoxy groups -OCH3 is 1. The molecule has 1 fully saturated rings. The van der Waals surface area contributed by atoms with Gasteiger partial charge in [-0.15, -0.1) is 0 Å². The Kier molecular flexibility index (Phi) is 4.82. The molecule has 5 rings (SSSR count). The number of nitrogens with one attached hydrogen (secondary N) is 1. The minimum absolute atomic E-state index is 0.0148. The summed E-state index contributed by atoms with van der Waals surface area (Å²) in [5, 5.41) is 9.26. The first-order valence-corrected chi connectivity index (χ1v) is 11.9. The van der Waals surface area contributed by atoms with E-state index in [2.05, 4.69) is 38.7 Å². The molecule has 0 spiro atoms. The summed E-state index contributed by atoms with van der Waals surface area (Å²) in [7, 11) is -0.710. The van der Waals surface area contributed by atoms with Crippen molar-refractivity contribution in [3.8, 4) is 11.6 Å². The molecule has 1 aromatic carbocycles. The van der Waals surface area contributed by atoms with Crippen LogP contribution in [0.5, 0.6) is 5.75 Å². The molecule has 4 heterocycles. The van der Waals surface area contributed by atoms with Crippen LogP contribution in [0.1, 0.15) is 13.8 Å². The van der Waals surface area contributed by atoms with Gasteiger partial charge in [0.05, 0.1) is 31.2 Å². The molecule has 1 N–H and O–H groups in total. The van der Waals surface area contributed by atoms with E-state index in [4.69, 9.17) is 4.74 Å². The van der Waals surface area contributed by atoms with Gasteiger partial charge < -0.3 is 9.64 Å². The lowest BCUT2D eigenvalue weighted by Crippen LogP contribution is -2.53. The zero-order valence-corrected chi connectivity index (χ0v) is 19.7. The monoisotopic (exact) mass is 467 g/mol. The Hall–Kier alpha value is -3.60. The lowest BCUT2D eigenvalue weighted by molar-refractivity contribution is 0.276. The highest BCUT2D eigenvalue weighted by Crippen LogP contribution is 2.35. The van der Waals surface area contributed by atoms with Gasteiger partial charge in [0.1, 0.15) is 16.3 Å². The molecule has 0 unspecified atom stereocenters. The fraction of sp³-hybridized carbons (Fsp3) is 0.318. The van der Waals surface area contributed by atoms with Crippen LogP contribution in [0.15, 0.2) is 53.9 Å². The van der Waals surface area contributed by atoms with Crippen LogP contribution in [0, 0.1) is 5.41 Å². The molecule has 3 aromatic heterocycles. The quantitative estimate of drug-likeness (QED) is 0.465. The van der Waals surface area contributed by atoms with Gasteiger partial charge in [0, 0.05) is 43.5 Å². The van der Waals surface area contributed by atoms with Crippen molar-refractivity contribution in [3.63, 3.8) is 0 Å². The van der Waals surface area contributed by atoms with Gasteiger partial charge in [-0.3, -0.25) is 9.40 Å². The summed E-state index contributed by atoms with van der Waals surface area (Å²) in [6.45, 7) is 6.37. The third kappa shape index (κ3) is 3.78. The highest BCUT2D eigenvalue weighted by Gasteiger charge is 2.34. The summed E-state index contributed by atoms with van der Waals surface area (Å²) >= 11 is 0. The van der Waals surface area contributed by atoms with E-state index >= 15 is 0 Å². The Morgan fingerprint density at radius 2 is 1.91 bits per heavy atom. The van der Waals surface area contributed by atoms with E-state index < -0.39 is 10.0 Å². The molecular formula is C22H25N7O3S. The van der Waals surface area contributed by atoms with E-state index in [0.29, 0.717) is 28.2 Å². The molecule has 33 heavy (non-hydrogen) atoms. The first-order chi connectivity index (χ1) is 15.7. The molecule has 10 nitrogen and oxygen atoms in total. The van der Waals surface area contributed by atoms with Crippen molar-refractivity contribution in [2.24, 2.45) is 12.5 Å². The number of benzene rings is 1. The number of rotatable bonds is 6. The number of aryl methyl sites for hydroxylation is 1. The normalized spacial score (nSPS) is 15.5. The van der Waals surface area contributed by atoms with Gasteiger partial charge in [0.15, 0.2) is 5.82 Å². The highest BCUT2D eigenvalue weighted by molar-refractivity contribution is 7.92. The number of hydrogen-bond acceptors (Lipinski definition) is 7. The molecule has 1 aliphatic heterocycles. The van der Waals surface area contributed by atoms with Crippen LogP contribution in [-0.2, 0) is 17.1 Å². The van der Waals surface area contributed by atoms with E-state index in [0.717, 1.165) is 24.2 Å². The molecule has 0 saturated carbocycles. The molecule has 1 saturated heterocycles. The summed E-state index contributed by atoms with van der Waals surface area (Å²) in [6, 6.07) is 7.39. The predicted molar refractivity (Wildman–Crippen MR) is 125 cm³/mol. The van der Waals surface area contributed by atoms with E-state index in [-0.39, 0.29) is 4.90 Å². The lowest BCUT2D eigenvalue weighted by Gasteiger charge is -2.47. The maximum absolute atomic E-state index is 13.2. The van der Waals surface area contributed by atoms with Crippen LogP contribution >= 0.6 is 0 Å². The topological polar surface area (TPSA) is 107 Å². The highest BCUT2D eigenvalue weighted by atomic mass is 32.2. The number of fused-ring (bicyclic) bond motifs is 1. The number of aromatic nitrogens is 5. The summed E-state index contributed by atoms with van der Waals surface area (Å²) in [6.07, 6.45) is 6.13. The summed E-state index contributed by atoms with van der Waals surface area (Å²) in [5.41, 5.74) is 2.27.